The van der Waals surface area contributed by atoms with E-state index in [0.29, 0.717) is 17.7 Å². The Balaban J connectivity index is 2.79. The van der Waals surface area contributed by atoms with Crippen molar-refractivity contribution in [2.45, 2.75) is 13.8 Å². The van der Waals surface area contributed by atoms with Gasteiger partial charge < -0.3 is 4.74 Å². The quantitative estimate of drug-likeness (QED) is 0.442. The molecule has 84 valence electrons. The predicted octanol–water partition coefficient (Wildman–Crippen LogP) is 2.38. The molecule has 0 atom stereocenters. The number of benzene rings is 1. The molecular weight excluding hydrogens is 204 g/mol. The van der Waals surface area contributed by atoms with Gasteiger partial charge in [-0.15, -0.1) is 0 Å². The van der Waals surface area contributed by atoms with Crippen LogP contribution in [0.25, 0.3) is 0 Å². The zero-order valence-corrected chi connectivity index (χ0v) is 9.40. The average Bonchev–Trinajstić information content (AvgIpc) is 2.29. The third-order valence-corrected chi connectivity index (χ3v) is 2.02. The largest absolute Gasteiger partial charge is 0.463 e. The molecule has 0 aliphatic rings. The van der Waals surface area contributed by atoms with Gasteiger partial charge in [-0.3, -0.25) is 4.79 Å². The first-order chi connectivity index (χ1) is 7.65. The molecule has 1 rings (SSSR count). The van der Waals surface area contributed by atoms with Crippen molar-refractivity contribution in [1.29, 1.82) is 0 Å². The van der Waals surface area contributed by atoms with Gasteiger partial charge in [0.25, 0.3) is 0 Å². The molecule has 0 N–H and O–H groups in total. The summed E-state index contributed by atoms with van der Waals surface area (Å²) in [5.41, 5.74) is 0.949. The van der Waals surface area contributed by atoms with E-state index in [1.165, 1.54) is 6.08 Å². The number of ketones is 1. The van der Waals surface area contributed by atoms with Crippen LogP contribution in [-0.4, -0.2) is 18.4 Å². The summed E-state index contributed by atoms with van der Waals surface area (Å²) < 4.78 is 4.73. The lowest BCUT2D eigenvalue weighted by atomic mass is 10.0. The summed E-state index contributed by atoms with van der Waals surface area (Å²) in [5, 5.41) is 0. The molecule has 3 nitrogen and oxygen atoms in total. The summed E-state index contributed by atoms with van der Waals surface area (Å²) in [6.07, 6.45) is 1.22. The lowest BCUT2D eigenvalue weighted by Gasteiger charge is -2.01. The average molecular weight is 218 g/mol. The molecule has 0 saturated heterocycles. The SMILES string of the molecule is CCOC(=O)/C=C(\C)C(=O)c1ccccc1. The van der Waals surface area contributed by atoms with Gasteiger partial charge in [0, 0.05) is 17.2 Å². The second kappa shape index (κ2) is 5.85. The minimum absolute atomic E-state index is 0.159. The number of hydrogen-bond donors (Lipinski definition) is 0. The first kappa shape index (κ1) is 12.2. The lowest BCUT2D eigenvalue weighted by Crippen LogP contribution is -2.06. The minimum Gasteiger partial charge on any atom is -0.463 e. The molecule has 1 aromatic carbocycles. The van der Waals surface area contributed by atoms with E-state index in [1.807, 2.05) is 6.07 Å². The Labute approximate surface area is 94.7 Å². The van der Waals surface area contributed by atoms with Crippen molar-refractivity contribution >= 4 is 11.8 Å². The van der Waals surface area contributed by atoms with Crippen molar-refractivity contribution in [3.05, 3.63) is 47.5 Å². The maximum Gasteiger partial charge on any atom is 0.331 e. The van der Waals surface area contributed by atoms with Crippen LogP contribution in [0, 0.1) is 0 Å². The van der Waals surface area contributed by atoms with Crippen LogP contribution >= 0.6 is 0 Å². The minimum atomic E-state index is -0.482. The highest BCUT2D eigenvalue weighted by molar-refractivity contribution is 6.10. The third-order valence-electron chi connectivity index (χ3n) is 2.02. The van der Waals surface area contributed by atoms with Gasteiger partial charge in [0.2, 0.25) is 0 Å². The second-order valence-electron chi connectivity index (χ2n) is 3.27. The van der Waals surface area contributed by atoms with Gasteiger partial charge in [0.1, 0.15) is 0 Å². The third kappa shape index (κ3) is 3.35. The van der Waals surface area contributed by atoms with Crippen LogP contribution in [0.5, 0.6) is 0 Å². The molecule has 0 aliphatic carbocycles. The van der Waals surface area contributed by atoms with E-state index in [-0.39, 0.29) is 5.78 Å². The molecule has 1 aromatic rings. The zero-order valence-electron chi connectivity index (χ0n) is 9.40. The molecule has 0 aliphatic heterocycles. The Kier molecular flexibility index (Phi) is 4.45. The van der Waals surface area contributed by atoms with Gasteiger partial charge in [-0.2, -0.15) is 0 Å². The summed E-state index contributed by atoms with van der Waals surface area (Å²) in [7, 11) is 0. The van der Waals surface area contributed by atoms with Gasteiger partial charge in [-0.05, 0) is 13.8 Å². The van der Waals surface area contributed by atoms with Gasteiger partial charge in [0.15, 0.2) is 5.78 Å². The number of carbonyl (C=O) groups excluding carboxylic acids is 2. The van der Waals surface area contributed by atoms with Crippen LogP contribution in [-0.2, 0) is 9.53 Å². The summed E-state index contributed by atoms with van der Waals surface area (Å²) in [6.45, 7) is 3.63. The van der Waals surface area contributed by atoms with Crippen LogP contribution in [0.1, 0.15) is 24.2 Å². The number of rotatable bonds is 4. The van der Waals surface area contributed by atoms with Crippen molar-refractivity contribution in [3.8, 4) is 0 Å². The molecular formula is C13H14O3. The van der Waals surface area contributed by atoms with E-state index in [4.69, 9.17) is 4.74 Å². The summed E-state index contributed by atoms with van der Waals surface area (Å²) in [6, 6.07) is 8.83. The highest BCUT2D eigenvalue weighted by Crippen LogP contribution is 2.07. The van der Waals surface area contributed by atoms with Crippen LogP contribution in [0.15, 0.2) is 42.0 Å². The number of carbonyl (C=O) groups is 2. The monoisotopic (exact) mass is 218 g/mol. The van der Waals surface area contributed by atoms with Crippen molar-refractivity contribution in [3.63, 3.8) is 0 Å². The van der Waals surface area contributed by atoms with E-state index < -0.39 is 5.97 Å². The molecule has 0 radical (unpaired) electrons. The zero-order chi connectivity index (χ0) is 12.0. The topological polar surface area (TPSA) is 43.4 Å². The molecule has 0 unspecified atom stereocenters. The summed E-state index contributed by atoms with van der Waals surface area (Å²) >= 11 is 0. The molecule has 3 heteroatoms. The normalized spacial score (nSPS) is 11.0. The van der Waals surface area contributed by atoms with Crippen LogP contribution < -0.4 is 0 Å². The van der Waals surface area contributed by atoms with E-state index >= 15 is 0 Å². The number of esters is 1. The van der Waals surface area contributed by atoms with E-state index in [2.05, 4.69) is 0 Å². The first-order valence-corrected chi connectivity index (χ1v) is 5.10. The Morgan fingerprint density at radius 2 is 1.88 bits per heavy atom. The fourth-order valence-corrected chi connectivity index (χ4v) is 1.24. The lowest BCUT2D eigenvalue weighted by molar-refractivity contribution is -0.137. The highest BCUT2D eigenvalue weighted by atomic mass is 16.5. The van der Waals surface area contributed by atoms with Crippen molar-refractivity contribution in [2.75, 3.05) is 6.61 Å². The number of allylic oxidation sites excluding steroid dienone is 1. The number of hydrogen-bond acceptors (Lipinski definition) is 3. The van der Waals surface area contributed by atoms with Crippen molar-refractivity contribution in [2.24, 2.45) is 0 Å². The molecule has 0 amide bonds. The fraction of sp³-hybridized carbons (Fsp3) is 0.231. The Bertz CT molecular complexity index is 404. The van der Waals surface area contributed by atoms with Gasteiger partial charge >= 0.3 is 5.97 Å². The van der Waals surface area contributed by atoms with E-state index in [9.17, 15) is 9.59 Å². The maximum atomic E-state index is 11.8. The van der Waals surface area contributed by atoms with E-state index in [0.717, 1.165) is 0 Å². The second-order valence-corrected chi connectivity index (χ2v) is 3.27. The molecule has 0 spiro atoms. The summed E-state index contributed by atoms with van der Waals surface area (Å²) in [5.74, 6) is -0.641. The fourth-order valence-electron chi connectivity index (χ4n) is 1.24. The van der Waals surface area contributed by atoms with Gasteiger partial charge in [-0.25, -0.2) is 4.79 Å². The highest BCUT2D eigenvalue weighted by Gasteiger charge is 2.09. The van der Waals surface area contributed by atoms with Crippen LogP contribution in [0.4, 0.5) is 0 Å². The first-order valence-electron chi connectivity index (χ1n) is 5.10. The molecule has 0 heterocycles. The van der Waals surface area contributed by atoms with Gasteiger partial charge in [-0.1, -0.05) is 30.3 Å². The number of ether oxygens (including phenoxy) is 1. The van der Waals surface area contributed by atoms with Crippen molar-refractivity contribution in [1.82, 2.24) is 0 Å². The Morgan fingerprint density at radius 3 is 2.44 bits per heavy atom. The maximum absolute atomic E-state index is 11.8. The smallest absolute Gasteiger partial charge is 0.331 e. The summed E-state index contributed by atoms with van der Waals surface area (Å²) in [4.78, 5) is 22.9. The van der Waals surface area contributed by atoms with Gasteiger partial charge in [0.05, 0.1) is 6.61 Å². The van der Waals surface area contributed by atoms with Crippen LogP contribution in [0.2, 0.25) is 0 Å². The number of Topliss-reactive ketones (excluding diaryl/α,β-unsaturated/α-hetero) is 1. The molecule has 0 saturated carbocycles. The molecule has 0 aromatic heterocycles. The standard InChI is InChI=1S/C13H14O3/c1-3-16-12(14)9-10(2)13(15)11-7-5-4-6-8-11/h4-9H,3H2,1-2H3/b10-9+. The Hall–Kier alpha value is -1.90. The van der Waals surface area contributed by atoms with Crippen LogP contribution in [0.3, 0.4) is 0 Å². The molecule has 0 bridgehead atoms. The Morgan fingerprint density at radius 1 is 1.25 bits per heavy atom. The predicted molar refractivity (Wildman–Crippen MR) is 61.2 cm³/mol. The van der Waals surface area contributed by atoms with E-state index in [1.54, 1.807) is 38.1 Å². The molecule has 0 fully saturated rings. The van der Waals surface area contributed by atoms with Crippen molar-refractivity contribution < 1.29 is 14.3 Å². The molecule has 16 heavy (non-hydrogen) atoms.